The highest BCUT2D eigenvalue weighted by Gasteiger charge is 2.18. The van der Waals surface area contributed by atoms with Gasteiger partial charge in [0.15, 0.2) is 11.0 Å². The second kappa shape index (κ2) is 10.8. The highest BCUT2D eigenvalue weighted by Crippen LogP contribution is 2.29. The molecule has 0 aliphatic carbocycles. The Morgan fingerprint density at radius 3 is 2.67 bits per heavy atom. The Kier molecular flexibility index (Phi) is 7.36. The number of carbonyl (C=O) groups is 1. The van der Waals surface area contributed by atoms with Crippen LogP contribution in [-0.4, -0.2) is 45.1 Å². The Hall–Kier alpha value is -3.65. The topological polar surface area (TPSA) is 81.9 Å². The van der Waals surface area contributed by atoms with Crippen LogP contribution in [-0.2, 0) is 11.2 Å². The average molecular weight is 460 g/mol. The summed E-state index contributed by atoms with van der Waals surface area (Å²) >= 11 is 1.36. The number of hydrogen-bond donors (Lipinski definition) is 1. The summed E-state index contributed by atoms with van der Waals surface area (Å²) in [6, 6.07) is 19.7. The van der Waals surface area contributed by atoms with Crippen molar-refractivity contribution in [3.63, 3.8) is 0 Å². The Morgan fingerprint density at radius 2 is 1.88 bits per heavy atom. The average Bonchev–Trinajstić information content (AvgIpc) is 3.27. The number of nitrogens with zero attached hydrogens (tertiary/aromatic N) is 4. The first kappa shape index (κ1) is 22.5. The van der Waals surface area contributed by atoms with E-state index in [-0.39, 0.29) is 11.7 Å². The SMILES string of the molecule is COc1ccccc1CCNC(=O)CSc1nnc(-c2cccnc2)n1-c1ccccc1C. The van der Waals surface area contributed by atoms with E-state index in [1.165, 1.54) is 11.8 Å². The largest absolute Gasteiger partial charge is 0.496 e. The number of hydrogen-bond acceptors (Lipinski definition) is 6. The molecule has 1 N–H and O–H groups in total. The van der Waals surface area contributed by atoms with E-state index >= 15 is 0 Å². The lowest BCUT2D eigenvalue weighted by Gasteiger charge is -2.13. The number of pyridine rings is 1. The fourth-order valence-corrected chi connectivity index (χ4v) is 4.28. The zero-order valence-corrected chi connectivity index (χ0v) is 19.4. The van der Waals surface area contributed by atoms with E-state index in [2.05, 4.69) is 20.5 Å². The van der Waals surface area contributed by atoms with Gasteiger partial charge in [0, 0.05) is 24.5 Å². The number of ether oxygens (including phenoxy) is 1. The molecule has 0 bridgehead atoms. The molecule has 2 heterocycles. The molecule has 4 aromatic rings. The molecular formula is C25H25N5O2S. The molecule has 0 atom stereocenters. The first-order valence-corrected chi connectivity index (χ1v) is 11.6. The third kappa shape index (κ3) is 5.40. The van der Waals surface area contributed by atoms with Crippen LogP contribution in [0, 0.1) is 6.92 Å². The molecule has 0 aliphatic rings. The molecule has 4 rings (SSSR count). The summed E-state index contributed by atoms with van der Waals surface area (Å²) in [7, 11) is 1.65. The number of methoxy groups -OCH3 is 1. The first-order valence-electron chi connectivity index (χ1n) is 10.6. The lowest BCUT2D eigenvalue weighted by atomic mass is 10.1. The minimum absolute atomic E-state index is 0.0582. The van der Waals surface area contributed by atoms with Crippen molar-refractivity contribution in [1.29, 1.82) is 0 Å². The molecule has 33 heavy (non-hydrogen) atoms. The molecule has 0 spiro atoms. The number of carbonyl (C=O) groups excluding carboxylic acids is 1. The quantitative estimate of drug-likeness (QED) is 0.380. The van der Waals surface area contributed by atoms with Crippen molar-refractivity contribution in [1.82, 2.24) is 25.1 Å². The molecular weight excluding hydrogens is 434 g/mol. The maximum absolute atomic E-state index is 12.5. The van der Waals surface area contributed by atoms with Gasteiger partial charge >= 0.3 is 0 Å². The van der Waals surface area contributed by atoms with Crippen molar-refractivity contribution in [3.05, 3.63) is 84.2 Å². The minimum Gasteiger partial charge on any atom is -0.496 e. The molecule has 0 radical (unpaired) electrons. The second-order valence-electron chi connectivity index (χ2n) is 7.37. The normalized spacial score (nSPS) is 10.7. The van der Waals surface area contributed by atoms with Gasteiger partial charge in [-0.2, -0.15) is 0 Å². The van der Waals surface area contributed by atoms with Gasteiger partial charge in [-0.1, -0.05) is 48.2 Å². The van der Waals surface area contributed by atoms with Crippen LogP contribution in [0.5, 0.6) is 5.75 Å². The predicted molar refractivity (Wildman–Crippen MR) is 130 cm³/mol. The highest BCUT2D eigenvalue weighted by atomic mass is 32.2. The molecule has 2 aromatic carbocycles. The Labute approximate surface area is 197 Å². The van der Waals surface area contributed by atoms with Crippen molar-refractivity contribution in [2.75, 3.05) is 19.4 Å². The van der Waals surface area contributed by atoms with Crippen molar-refractivity contribution >= 4 is 17.7 Å². The van der Waals surface area contributed by atoms with Crippen molar-refractivity contribution in [3.8, 4) is 22.8 Å². The van der Waals surface area contributed by atoms with Crippen LogP contribution in [0.15, 0.2) is 78.2 Å². The number of thioether (sulfide) groups is 1. The monoisotopic (exact) mass is 459 g/mol. The lowest BCUT2D eigenvalue weighted by Crippen LogP contribution is -2.27. The van der Waals surface area contributed by atoms with E-state index in [0.29, 0.717) is 23.9 Å². The number of amides is 1. The lowest BCUT2D eigenvalue weighted by molar-refractivity contribution is -0.118. The van der Waals surface area contributed by atoms with Crippen LogP contribution >= 0.6 is 11.8 Å². The molecule has 0 saturated heterocycles. The van der Waals surface area contributed by atoms with Gasteiger partial charge in [-0.25, -0.2) is 0 Å². The van der Waals surface area contributed by atoms with Gasteiger partial charge in [0.05, 0.1) is 18.6 Å². The van der Waals surface area contributed by atoms with Gasteiger partial charge in [-0.15, -0.1) is 10.2 Å². The maximum Gasteiger partial charge on any atom is 0.230 e. The zero-order valence-electron chi connectivity index (χ0n) is 18.6. The number of benzene rings is 2. The molecule has 0 unspecified atom stereocenters. The van der Waals surface area contributed by atoms with Crippen molar-refractivity contribution in [2.24, 2.45) is 0 Å². The number of nitrogens with one attached hydrogen (secondary N) is 1. The van der Waals surface area contributed by atoms with Crippen molar-refractivity contribution < 1.29 is 9.53 Å². The van der Waals surface area contributed by atoms with Gasteiger partial charge < -0.3 is 10.1 Å². The van der Waals surface area contributed by atoms with Crippen LogP contribution < -0.4 is 10.1 Å². The molecule has 2 aromatic heterocycles. The Morgan fingerprint density at radius 1 is 1.06 bits per heavy atom. The molecule has 0 saturated carbocycles. The smallest absolute Gasteiger partial charge is 0.230 e. The van der Waals surface area contributed by atoms with Crippen LogP contribution in [0.4, 0.5) is 0 Å². The summed E-state index contributed by atoms with van der Waals surface area (Å²) < 4.78 is 7.36. The second-order valence-corrected chi connectivity index (χ2v) is 8.31. The van der Waals surface area contributed by atoms with Gasteiger partial charge in [0.1, 0.15) is 5.75 Å². The van der Waals surface area contributed by atoms with E-state index in [0.717, 1.165) is 28.1 Å². The summed E-state index contributed by atoms with van der Waals surface area (Å²) in [5.41, 5.74) is 3.99. The molecule has 7 nitrogen and oxygen atoms in total. The van der Waals surface area contributed by atoms with E-state index in [1.807, 2.05) is 72.2 Å². The predicted octanol–water partition coefficient (Wildman–Crippen LogP) is 4.10. The van der Waals surface area contributed by atoms with Crippen LogP contribution in [0.1, 0.15) is 11.1 Å². The fourth-order valence-electron chi connectivity index (χ4n) is 3.50. The minimum atomic E-state index is -0.0582. The van der Waals surface area contributed by atoms with Gasteiger partial charge in [0.2, 0.25) is 5.91 Å². The number of aromatic nitrogens is 4. The van der Waals surface area contributed by atoms with E-state index < -0.39 is 0 Å². The Bertz CT molecular complexity index is 1230. The molecule has 1 amide bonds. The van der Waals surface area contributed by atoms with Gasteiger partial charge in [0.25, 0.3) is 0 Å². The number of para-hydroxylation sites is 2. The van der Waals surface area contributed by atoms with Crippen LogP contribution in [0.2, 0.25) is 0 Å². The highest BCUT2D eigenvalue weighted by molar-refractivity contribution is 7.99. The third-order valence-electron chi connectivity index (χ3n) is 5.15. The zero-order chi connectivity index (χ0) is 23.0. The van der Waals surface area contributed by atoms with Gasteiger partial charge in [-0.05, 0) is 48.7 Å². The first-order chi connectivity index (χ1) is 16.2. The van der Waals surface area contributed by atoms with E-state index in [4.69, 9.17) is 4.74 Å². The summed E-state index contributed by atoms with van der Waals surface area (Å²) in [5, 5.41) is 12.4. The van der Waals surface area contributed by atoms with E-state index in [1.54, 1.807) is 19.5 Å². The number of aryl methyl sites for hydroxylation is 1. The van der Waals surface area contributed by atoms with Crippen LogP contribution in [0.3, 0.4) is 0 Å². The van der Waals surface area contributed by atoms with Gasteiger partial charge in [-0.3, -0.25) is 14.3 Å². The molecule has 0 fully saturated rings. The molecule has 8 heteroatoms. The third-order valence-corrected chi connectivity index (χ3v) is 6.08. The molecule has 0 aliphatic heterocycles. The summed E-state index contributed by atoms with van der Waals surface area (Å²) in [4.78, 5) is 16.7. The van der Waals surface area contributed by atoms with E-state index in [9.17, 15) is 4.79 Å². The summed E-state index contributed by atoms with van der Waals surface area (Å²) in [6.45, 7) is 2.58. The van der Waals surface area contributed by atoms with Crippen molar-refractivity contribution in [2.45, 2.75) is 18.5 Å². The summed E-state index contributed by atoms with van der Waals surface area (Å²) in [5.74, 6) is 1.70. The molecule has 168 valence electrons. The van der Waals surface area contributed by atoms with Crippen LogP contribution in [0.25, 0.3) is 17.1 Å². The standard InChI is InChI=1S/C25H25N5O2S/c1-18-8-3-5-11-21(18)30-24(20-10-7-14-26-16-20)28-29-25(30)33-17-23(31)27-15-13-19-9-4-6-12-22(19)32-2/h3-12,14,16H,13,15,17H2,1-2H3,(H,27,31). The number of rotatable bonds is 9. The Balaban J connectivity index is 1.46. The summed E-state index contributed by atoms with van der Waals surface area (Å²) in [6.07, 6.45) is 4.19. The fraction of sp³-hybridized carbons (Fsp3) is 0.200. The maximum atomic E-state index is 12.5.